The second-order valence-electron chi connectivity index (χ2n) is 6.87. The molecule has 0 aromatic rings. The minimum atomic E-state index is -0.935. The minimum absolute atomic E-state index is 0. The summed E-state index contributed by atoms with van der Waals surface area (Å²) >= 11 is 0. The fourth-order valence-corrected chi connectivity index (χ4v) is 1.79. The first-order chi connectivity index (χ1) is 9.20. The molecular formula is C19H40O2. The van der Waals surface area contributed by atoms with Crippen molar-refractivity contribution in [1.82, 2.24) is 0 Å². The molecule has 21 heavy (non-hydrogen) atoms. The lowest BCUT2D eigenvalue weighted by molar-refractivity contribution is -0.132. The van der Waals surface area contributed by atoms with Crippen LogP contribution in [0, 0.1) is 5.41 Å². The van der Waals surface area contributed by atoms with Crippen LogP contribution in [0.1, 0.15) is 99.8 Å². The summed E-state index contributed by atoms with van der Waals surface area (Å²) in [7, 11) is 0. The van der Waals surface area contributed by atoms with Gasteiger partial charge in [-0.15, -0.1) is 0 Å². The summed E-state index contributed by atoms with van der Waals surface area (Å²) < 4.78 is 0. The third-order valence-electron chi connectivity index (χ3n) is 3.15. The molecule has 0 amide bonds. The van der Waals surface area contributed by atoms with Crippen molar-refractivity contribution >= 4 is 5.97 Å². The van der Waals surface area contributed by atoms with E-state index in [1.54, 1.807) is 0 Å². The standard InChI is InChI=1S/C14H30.C4H6O2.CH4/c1-5-6-7-8-9-10-11-12-13-14(2,3)4;1-3(2)4(5)6;/h5-13H2,1-4H3;1H2,2H3,(H,5,6);1H4. The van der Waals surface area contributed by atoms with Crippen LogP contribution in [0.2, 0.25) is 0 Å². The second kappa shape index (κ2) is 15.6. The zero-order valence-electron chi connectivity index (χ0n) is 14.4. The Balaban J connectivity index is -0.000000394. The van der Waals surface area contributed by atoms with Crippen LogP contribution in [0.5, 0.6) is 0 Å². The molecule has 0 radical (unpaired) electrons. The van der Waals surface area contributed by atoms with E-state index in [4.69, 9.17) is 5.11 Å². The topological polar surface area (TPSA) is 37.3 Å². The van der Waals surface area contributed by atoms with Crippen LogP contribution in [0.15, 0.2) is 12.2 Å². The van der Waals surface area contributed by atoms with Gasteiger partial charge in [-0.1, -0.05) is 93.1 Å². The first kappa shape index (κ1) is 25.2. The molecule has 0 spiro atoms. The largest absolute Gasteiger partial charge is 0.478 e. The normalized spacial score (nSPS) is 10.1. The Bertz CT molecular complexity index is 237. The molecule has 0 saturated heterocycles. The average molecular weight is 301 g/mol. The Morgan fingerprint density at radius 3 is 1.57 bits per heavy atom. The van der Waals surface area contributed by atoms with Crippen LogP contribution >= 0.6 is 0 Å². The van der Waals surface area contributed by atoms with Crippen molar-refractivity contribution in [1.29, 1.82) is 0 Å². The van der Waals surface area contributed by atoms with Crippen LogP contribution in [-0.2, 0) is 4.79 Å². The van der Waals surface area contributed by atoms with Crippen molar-refractivity contribution in [2.75, 3.05) is 0 Å². The van der Waals surface area contributed by atoms with E-state index in [0.29, 0.717) is 5.41 Å². The van der Waals surface area contributed by atoms with Crippen LogP contribution in [0.3, 0.4) is 0 Å². The van der Waals surface area contributed by atoms with Gasteiger partial charge in [-0.2, -0.15) is 0 Å². The molecule has 2 heteroatoms. The van der Waals surface area contributed by atoms with E-state index in [1.165, 1.54) is 64.7 Å². The van der Waals surface area contributed by atoms with E-state index in [1.807, 2.05) is 0 Å². The van der Waals surface area contributed by atoms with Crippen LogP contribution in [0.25, 0.3) is 0 Å². The van der Waals surface area contributed by atoms with E-state index in [-0.39, 0.29) is 13.0 Å². The first-order valence-electron chi connectivity index (χ1n) is 8.09. The lowest BCUT2D eigenvalue weighted by atomic mass is 9.89. The van der Waals surface area contributed by atoms with E-state index >= 15 is 0 Å². The number of aliphatic carboxylic acids is 1. The number of hydrogen-bond acceptors (Lipinski definition) is 1. The second-order valence-corrected chi connectivity index (χ2v) is 6.87. The molecule has 0 aliphatic rings. The summed E-state index contributed by atoms with van der Waals surface area (Å²) in [4.78, 5) is 9.60. The highest BCUT2D eigenvalue weighted by molar-refractivity contribution is 5.84. The molecule has 0 aliphatic carbocycles. The number of rotatable bonds is 9. The summed E-state index contributed by atoms with van der Waals surface area (Å²) in [6, 6.07) is 0. The molecule has 0 rings (SSSR count). The fraction of sp³-hybridized carbons (Fsp3) is 0.842. The molecule has 128 valence electrons. The first-order valence-corrected chi connectivity index (χ1v) is 8.09. The molecule has 0 fully saturated rings. The van der Waals surface area contributed by atoms with Crippen LogP contribution < -0.4 is 0 Å². The van der Waals surface area contributed by atoms with Crippen LogP contribution in [0.4, 0.5) is 0 Å². The Hall–Kier alpha value is -0.790. The maximum absolute atomic E-state index is 9.60. The summed E-state index contributed by atoms with van der Waals surface area (Å²) in [5, 5.41) is 7.89. The maximum Gasteiger partial charge on any atom is 0.330 e. The Kier molecular flexibility index (Phi) is 18.7. The van der Waals surface area contributed by atoms with E-state index < -0.39 is 5.97 Å². The third-order valence-corrected chi connectivity index (χ3v) is 3.15. The monoisotopic (exact) mass is 300 g/mol. The van der Waals surface area contributed by atoms with E-state index in [0.717, 1.165) is 0 Å². The van der Waals surface area contributed by atoms with Gasteiger partial charge in [0, 0.05) is 5.57 Å². The highest BCUT2D eigenvalue weighted by Gasteiger charge is 2.08. The molecule has 0 aromatic carbocycles. The van der Waals surface area contributed by atoms with E-state index in [9.17, 15) is 4.79 Å². The predicted octanol–water partition coefficient (Wildman–Crippen LogP) is 6.85. The summed E-state index contributed by atoms with van der Waals surface area (Å²) in [6.07, 6.45) is 12.9. The molecule has 0 aliphatic heterocycles. The van der Waals surface area contributed by atoms with Gasteiger partial charge in [-0.3, -0.25) is 0 Å². The Labute approximate surface area is 134 Å². The van der Waals surface area contributed by atoms with Crippen molar-refractivity contribution in [3.63, 3.8) is 0 Å². The molecule has 0 heterocycles. The van der Waals surface area contributed by atoms with Crippen molar-refractivity contribution in [2.45, 2.75) is 99.8 Å². The number of unbranched alkanes of at least 4 members (excludes halogenated alkanes) is 7. The molecule has 0 aromatic heterocycles. The van der Waals surface area contributed by atoms with Crippen molar-refractivity contribution < 1.29 is 9.90 Å². The van der Waals surface area contributed by atoms with Crippen LogP contribution in [-0.4, -0.2) is 11.1 Å². The van der Waals surface area contributed by atoms with Gasteiger partial charge in [-0.25, -0.2) is 4.79 Å². The molecule has 0 atom stereocenters. The zero-order valence-corrected chi connectivity index (χ0v) is 14.4. The smallest absolute Gasteiger partial charge is 0.330 e. The molecule has 1 N–H and O–H groups in total. The number of carbonyl (C=O) groups is 1. The number of carboxylic acids is 1. The van der Waals surface area contributed by atoms with Crippen molar-refractivity contribution in [2.24, 2.45) is 5.41 Å². The Morgan fingerprint density at radius 2 is 1.29 bits per heavy atom. The van der Waals surface area contributed by atoms with Gasteiger partial charge in [0.2, 0.25) is 0 Å². The van der Waals surface area contributed by atoms with Crippen molar-refractivity contribution in [3.8, 4) is 0 Å². The zero-order chi connectivity index (χ0) is 16.0. The van der Waals surface area contributed by atoms with Gasteiger partial charge in [0.25, 0.3) is 0 Å². The SMILES string of the molecule is C.C=C(C)C(=O)O.CCCCCCCCCCC(C)(C)C. The predicted molar refractivity (Wildman–Crippen MR) is 95.9 cm³/mol. The molecule has 2 nitrogen and oxygen atoms in total. The van der Waals surface area contributed by atoms with Gasteiger partial charge in [-0.05, 0) is 18.8 Å². The number of hydrogen-bond donors (Lipinski definition) is 1. The quantitative estimate of drug-likeness (QED) is 0.373. The fourth-order valence-electron chi connectivity index (χ4n) is 1.79. The molecular weight excluding hydrogens is 260 g/mol. The molecule has 0 unspecified atom stereocenters. The van der Waals surface area contributed by atoms with Gasteiger partial charge in [0.15, 0.2) is 0 Å². The lowest BCUT2D eigenvalue weighted by Gasteiger charge is -2.17. The van der Waals surface area contributed by atoms with Crippen molar-refractivity contribution in [3.05, 3.63) is 12.2 Å². The van der Waals surface area contributed by atoms with Gasteiger partial charge in [0.1, 0.15) is 0 Å². The lowest BCUT2D eigenvalue weighted by Crippen LogP contribution is -2.03. The van der Waals surface area contributed by atoms with E-state index in [2.05, 4.69) is 34.3 Å². The average Bonchev–Trinajstić information content (AvgIpc) is 2.32. The van der Waals surface area contributed by atoms with Gasteiger partial charge in [0.05, 0.1) is 0 Å². The summed E-state index contributed by atoms with van der Waals surface area (Å²) in [6.45, 7) is 13.9. The summed E-state index contributed by atoms with van der Waals surface area (Å²) in [5.41, 5.74) is 0.720. The minimum Gasteiger partial charge on any atom is -0.478 e. The Morgan fingerprint density at radius 1 is 0.952 bits per heavy atom. The third kappa shape index (κ3) is 28.2. The molecule has 0 bridgehead atoms. The van der Waals surface area contributed by atoms with Gasteiger partial charge < -0.3 is 5.11 Å². The summed E-state index contributed by atoms with van der Waals surface area (Å²) in [5.74, 6) is -0.935. The highest BCUT2D eigenvalue weighted by atomic mass is 16.4. The maximum atomic E-state index is 9.60. The van der Waals surface area contributed by atoms with Gasteiger partial charge >= 0.3 is 5.97 Å². The highest BCUT2D eigenvalue weighted by Crippen LogP contribution is 2.22. The number of carboxylic acid groups (broad SMARTS) is 1. The molecule has 0 saturated carbocycles.